The number of rotatable bonds is 1. The second kappa shape index (κ2) is 4.97. The summed E-state index contributed by atoms with van der Waals surface area (Å²) in [5, 5.41) is 7.52. The van der Waals surface area contributed by atoms with E-state index in [9.17, 15) is 4.79 Å². The molecular formula is CH3NaO4P+. The predicted octanol–water partition coefficient (Wildman–Crippen LogP) is -3.04. The van der Waals surface area contributed by atoms with Gasteiger partial charge >= 0.3 is 35.3 Å². The van der Waals surface area contributed by atoms with Crippen LogP contribution in [-0.2, 0) is 0 Å². The standard InChI is InChI=1S/CH3O4P.Na/c2-1(3)6(4)5;/h4-5H,(H,2,3);/q;+1. The molecule has 0 aliphatic rings. The Balaban J connectivity index is 0. The Kier molecular flexibility index (Phi) is 7.62. The van der Waals surface area contributed by atoms with Gasteiger partial charge in [0, 0.05) is 0 Å². The van der Waals surface area contributed by atoms with Crippen molar-refractivity contribution in [1.82, 2.24) is 0 Å². The molecule has 0 aliphatic carbocycles. The molecular weight excluding hydrogens is 130 g/mol. The van der Waals surface area contributed by atoms with Gasteiger partial charge in [0.15, 0.2) is 0 Å². The summed E-state index contributed by atoms with van der Waals surface area (Å²) < 4.78 is 0. The molecule has 0 saturated heterocycles. The van der Waals surface area contributed by atoms with Gasteiger partial charge in [0.05, 0.1) is 0 Å². The van der Waals surface area contributed by atoms with E-state index in [1.807, 2.05) is 0 Å². The van der Waals surface area contributed by atoms with Crippen LogP contribution in [0.15, 0.2) is 0 Å². The van der Waals surface area contributed by atoms with Crippen LogP contribution in [0.2, 0.25) is 0 Å². The molecule has 0 saturated carbocycles. The third-order valence-corrected chi connectivity index (χ3v) is 0.513. The van der Waals surface area contributed by atoms with Crippen LogP contribution in [0, 0.1) is 0 Å². The molecule has 0 unspecified atom stereocenters. The minimum absolute atomic E-state index is 0. The van der Waals surface area contributed by atoms with Gasteiger partial charge in [-0.05, 0) is 0 Å². The van der Waals surface area contributed by atoms with Crippen LogP contribution in [0.25, 0.3) is 0 Å². The summed E-state index contributed by atoms with van der Waals surface area (Å²) >= 11 is 0. The zero-order chi connectivity index (χ0) is 5.15. The molecule has 0 amide bonds. The van der Waals surface area contributed by atoms with E-state index in [1.54, 1.807) is 0 Å². The normalized spacial score (nSPS) is 7.86. The van der Waals surface area contributed by atoms with Crippen LogP contribution in [0.4, 0.5) is 4.79 Å². The van der Waals surface area contributed by atoms with Gasteiger partial charge in [-0.25, -0.2) is 4.79 Å². The minimum Gasteiger partial charge on any atom is -0.475 e. The third kappa shape index (κ3) is 6.82. The maximum atomic E-state index is 9.23. The monoisotopic (exact) mass is 133 g/mol. The maximum absolute atomic E-state index is 9.23. The van der Waals surface area contributed by atoms with E-state index >= 15 is 0 Å². The molecule has 0 rings (SSSR count). The van der Waals surface area contributed by atoms with Crippen LogP contribution < -0.4 is 29.6 Å². The SMILES string of the molecule is O=C(O)P(O)O.[Na+]. The second-order valence-electron chi connectivity index (χ2n) is 0.572. The quantitative estimate of drug-likeness (QED) is 0.262. The van der Waals surface area contributed by atoms with Crippen molar-refractivity contribution in [2.75, 3.05) is 0 Å². The summed E-state index contributed by atoms with van der Waals surface area (Å²) in [5.74, 6) is 0. The van der Waals surface area contributed by atoms with E-state index in [0.29, 0.717) is 0 Å². The average Bonchev–Trinajstić information content (AvgIpc) is 1.36. The van der Waals surface area contributed by atoms with E-state index in [4.69, 9.17) is 14.9 Å². The fraction of sp³-hybridized carbons (Fsp3) is 0. The molecule has 0 aliphatic heterocycles. The molecule has 0 bridgehead atoms. The Hall–Kier alpha value is 0.820. The summed E-state index contributed by atoms with van der Waals surface area (Å²) in [4.78, 5) is 24.5. The number of hydrogen-bond acceptors (Lipinski definition) is 3. The Morgan fingerprint density at radius 3 is 1.57 bits per heavy atom. The van der Waals surface area contributed by atoms with Gasteiger partial charge in [0.25, 0.3) is 8.38 Å². The predicted molar refractivity (Wildman–Crippen MR) is 19.4 cm³/mol. The largest absolute Gasteiger partial charge is 1.00 e. The topological polar surface area (TPSA) is 77.8 Å². The summed E-state index contributed by atoms with van der Waals surface area (Å²) in [5.41, 5.74) is -1.56. The van der Waals surface area contributed by atoms with Crippen molar-refractivity contribution in [3.05, 3.63) is 0 Å². The van der Waals surface area contributed by atoms with Gasteiger partial charge in [0.2, 0.25) is 0 Å². The zero-order valence-corrected chi connectivity index (χ0v) is 6.59. The molecule has 7 heavy (non-hydrogen) atoms. The van der Waals surface area contributed by atoms with Crippen LogP contribution in [0.3, 0.4) is 0 Å². The van der Waals surface area contributed by atoms with Crippen molar-refractivity contribution >= 4 is 14.1 Å². The molecule has 0 heterocycles. The Bertz CT molecular complexity index is 62.7. The summed E-state index contributed by atoms with van der Waals surface area (Å²) in [7, 11) is -2.74. The zero-order valence-electron chi connectivity index (χ0n) is 3.70. The molecule has 3 N–H and O–H groups in total. The average molecular weight is 133 g/mol. The Morgan fingerprint density at radius 1 is 1.43 bits per heavy atom. The van der Waals surface area contributed by atoms with Crippen LogP contribution in [-0.4, -0.2) is 20.6 Å². The van der Waals surface area contributed by atoms with Gasteiger partial charge < -0.3 is 14.9 Å². The van der Waals surface area contributed by atoms with Gasteiger partial charge in [-0.2, -0.15) is 0 Å². The first-order valence-corrected chi connectivity index (χ1v) is 2.30. The van der Waals surface area contributed by atoms with Crippen molar-refractivity contribution in [2.24, 2.45) is 0 Å². The minimum atomic E-state index is -2.74. The molecule has 0 aromatic rings. The van der Waals surface area contributed by atoms with Crippen molar-refractivity contribution in [1.29, 1.82) is 0 Å². The van der Waals surface area contributed by atoms with E-state index in [1.165, 1.54) is 0 Å². The first kappa shape index (κ1) is 10.7. The number of hydrogen-bond donors (Lipinski definition) is 3. The van der Waals surface area contributed by atoms with E-state index < -0.39 is 14.1 Å². The van der Waals surface area contributed by atoms with Gasteiger partial charge in [0.1, 0.15) is 0 Å². The van der Waals surface area contributed by atoms with Crippen LogP contribution in [0.1, 0.15) is 0 Å². The Morgan fingerprint density at radius 2 is 1.57 bits per heavy atom. The third-order valence-electron chi connectivity index (χ3n) is 0.171. The maximum Gasteiger partial charge on any atom is 1.00 e. The fourth-order valence-corrected chi connectivity index (χ4v) is 0. The van der Waals surface area contributed by atoms with Gasteiger partial charge in [-0.3, -0.25) is 0 Å². The molecule has 0 fully saturated rings. The first-order valence-electron chi connectivity index (χ1n) is 1.05. The van der Waals surface area contributed by atoms with E-state index in [0.717, 1.165) is 0 Å². The van der Waals surface area contributed by atoms with Crippen molar-refractivity contribution in [3.8, 4) is 0 Å². The smallest absolute Gasteiger partial charge is 0.475 e. The molecule has 0 atom stereocenters. The summed E-state index contributed by atoms with van der Waals surface area (Å²) in [6, 6.07) is 0. The second-order valence-corrected chi connectivity index (χ2v) is 1.53. The molecule has 0 aromatic heterocycles. The molecule has 0 radical (unpaired) electrons. The molecule has 36 valence electrons. The molecule has 0 spiro atoms. The molecule has 0 aromatic carbocycles. The summed E-state index contributed by atoms with van der Waals surface area (Å²) in [6.07, 6.45) is 0. The van der Waals surface area contributed by atoms with Crippen LogP contribution >= 0.6 is 8.38 Å². The van der Waals surface area contributed by atoms with Crippen molar-refractivity contribution in [2.45, 2.75) is 0 Å². The number of carbonyl (C=O) groups is 1. The van der Waals surface area contributed by atoms with Gasteiger partial charge in [-0.15, -0.1) is 0 Å². The van der Waals surface area contributed by atoms with E-state index in [2.05, 4.69) is 0 Å². The van der Waals surface area contributed by atoms with Crippen molar-refractivity contribution in [3.63, 3.8) is 0 Å². The summed E-state index contributed by atoms with van der Waals surface area (Å²) in [6.45, 7) is 0. The van der Waals surface area contributed by atoms with Crippen LogP contribution in [0.5, 0.6) is 0 Å². The van der Waals surface area contributed by atoms with Crippen molar-refractivity contribution < 1.29 is 49.2 Å². The first-order chi connectivity index (χ1) is 2.64. The van der Waals surface area contributed by atoms with Gasteiger partial charge in [-0.1, -0.05) is 0 Å². The Labute approximate surface area is 63.4 Å². The number of carboxylic acid groups (broad SMARTS) is 1. The fourth-order valence-electron chi connectivity index (χ4n) is 0. The molecule has 4 nitrogen and oxygen atoms in total. The molecule has 6 heteroatoms. The van der Waals surface area contributed by atoms with E-state index in [-0.39, 0.29) is 29.6 Å².